The number of benzene rings is 1. The number of aromatic nitrogens is 1. The second kappa shape index (κ2) is 9.24. The van der Waals surface area contributed by atoms with Crippen molar-refractivity contribution in [3.63, 3.8) is 0 Å². The van der Waals surface area contributed by atoms with Crippen LogP contribution in [0.3, 0.4) is 0 Å². The monoisotopic (exact) mass is 705 g/mol. The Hall–Kier alpha value is 0.294. The molecular weight excluding hydrogens is 698 g/mol. The zero-order valence-corrected chi connectivity index (χ0v) is 18.3. The molecule has 0 spiro atoms. The summed E-state index contributed by atoms with van der Waals surface area (Å²) in [6.45, 7) is 0. The number of nitrogens with zero attached hydrogens (tertiary/aromatic N) is 1. The number of carbonyl (C=O) groups is 1. The number of aromatic carboxylic acids is 1. The molecule has 1 heterocycles. The number of hydrogen-bond acceptors (Lipinski definition) is 3. The second-order valence-corrected chi connectivity index (χ2v) is 4.02. The van der Waals surface area contributed by atoms with E-state index in [2.05, 4.69) is 17.1 Å². The smallest absolute Gasteiger partial charge is 0.336 e. The first kappa shape index (κ1) is 18.3. The number of rotatable bonds is 3. The zero-order chi connectivity index (χ0) is 11.4. The Morgan fingerprint density at radius 1 is 1.33 bits per heavy atom. The van der Waals surface area contributed by atoms with Crippen LogP contribution in [0.2, 0.25) is 0 Å². The van der Waals surface area contributed by atoms with Crippen LogP contribution >= 0.6 is 11.8 Å². The molecule has 18 heavy (non-hydrogen) atoms. The van der Waals surface area contributed by atoms with Crippen molar-refractivity contribution in [2.24, 2.45) is 0 Å². The molecule has 0 saturated carbocycles. The van der Waals surface area contributed by atoms with Gasteiger partial charge in [0.05, 0.1) is 5.56 Å². The van der Waals surface area contributed by atoms with Crippen molar-refractivity contribution in [2.45, 2.75) is 9.79 Å². The third-order valence-electron chi connectivity index (χ3n) is 1.85. The van der Waals surface area contributed by atoms with Crippen LogP contribution in [-0.2, 0) is 0 Å². The van der Waals surface area contributed by atoms with E-state index in [-0.39, 0.29) is 67.8 Å². The van der Waals surface area contributed by atoms with Crippen LogP contribution < -0.4 is 0 Å². The van der Waals surface area contributed by atoms with Crippen LogP contribution in [0.4, 0.5) is 0 Å². The maximum atomic E-state index is 11.0. The molecule has 0 fully saturated rings. The predicted octanol–water partition coefficient (Wildman–Crippen LogP) is 2.53. The number of carboxylic acids is 1. The number of pyridine rings is 1. The summed E-state index contributed by atoms with van der Waals surface area (Å²) in [5, 5.41) is 8.98. The fourth-order valence-electron chi connectivity index (χ4n) is 1.15. The maximum Gasteiger partial charge on any atom is 0.336 e. The Kier molecular flexibility index (Phi) is 9.39. The summed E-state index contributed by atoms with van der Waals surface area (Å²) < 4.78 is 0. The molecule has 2 aromatic rings. The molecule has 6 heteroatoms. The Bertz CT molecular complexity index is 508. The summed E-state index contributed by atoms with van der Waals surface area (Å²) in [4.78, 5) is 16.3. The summed E-state index contributed by atoms with van der Waals surface area (Å²) in [6.07, 6.45) is 3.00. The first-order valence-electron chi connectivity index (χ1n) is 4.50. The summed E-state index contributed by atoms with van der Waals surface area (Å²) in [5.41, 5.74) is 0.247. The van der Waals surface area contributed by atoms with Crippen molar-refractivity contribution in [1.29, 1.82) is 0 Å². The minimum Gasteiger partial charge on any atom is -0.478 e. The van der Waals surface area contributed by atoms with Crippen molar-refractivity contribution in [2.75, 3.05) is 0 Å². The van der Waals surface area contributed by atoms with E-state index in [9.17, 15) is 4.79 Å². The van der Waals surface area contributed by atoms with Gasteiger partial charge in [0.15, 0.2) is 0 Å². The van der Waals surface area contributed by atoms with Gasteiger partial charge in [-0.3, -0.25) is 23.2 Å². The normalized spacial score (nSPS) is 8.89. The molecule has 0 radical (unpaired) electrons. The molecular formula is C12H7NO2SU2-2. The molecule has 0 atom stereocenters. The van der Waals surface area contributed by atoms with Crippen LogP contribution in [0, 0.1) is 74.4 Å². The summed E-state index contributed by atoms with van der Waals surface area (Å²) >= 11 is 1.31. The Labute approximate surface area is 157 Å². The standard InChI is InChI=1S/C12H7NO2S.2U/c14-12(15)10-6-7-13-8-11(10)16-9-4-2-1-3-5-9;;/h1-2,5-8H,(H,14,15);;/q-2;;. The van der Waals surface area contributed by atoms with E-state index in [0.717, 1.165) is 4.90 Å². The molecule has 88 valence electrons. The van der Waals surface area contributed by atoms with E-state index in [1.54, 1.807) is 18.2 Å². The molecule has 0 unspecified atom stereocenters. The van der Waals surface area contributed by atoms with Crippen LogP contribution in [0.15, 0.2) is 46.5 Å². The third kappa shape index (κ3) is 5.12. The minimum atomic E-state index is -0.954. The van der Waals surface area contributed by atoms with Crippen molar-refractivity contribution in [3.8, 4) is 0 Å². The minimum absolute atomic E-state index is 0. The van der Waals surface area contributed by atoms with E-state index >= 15 is 0 Å². The molecule has 0 aliphatic carbocycles. The van der Waals surface area contributed by atoms with Gasteiger partial charge in [-0.2, -0.15) is 11.8 Å². The predicted molar refractivity (Wildman–Crippen MR) is 59.4 cm³/mol. The summed E-state index contributed by atoms with van der Waals surface area (Å²) in [6, 6.07) is 12.6. The molecule has 0 aliphatic heterocycles. The van der Waals surface area contributed by atoms with Gasteiger partial charge in [0, 0.05) is 79.5 Å². The number of carboxylic acid groups (broad SMARTS) is 1. The van der Waals surface area contributed by atoms with Gasteiger partial charge in [-0.25, -0.2) is 9.69 Å². The van der Waals surface area contributed by atoms with Crippen molar-refractivity contribution >= 4 is 17.7 Å². The summed E-state index contributed by atoms with van der Waals surface area (Å²) in [5.74, 6) is -0.954. The van der Waals surface area contributed by atoms with Crippen molar-refractivity contribution in [3.05, 3.63) is 54.4 Å². The average molecular weight is 705 g/mol. The van der Waals surface area contributed by atoms with E-state index < -0.39 is 5.97 Å². The quantitative estimate of drug-likeness (QED) is 0.500. The molecule has 1 N–H and O–H groups in total. The van der Waals surface area contributed by atoms with Gasteiger partial charge in [-0.15, -0.1) is 0 Å². The maximum absolute atomic E-state index is 11.0. The van der Waals surface area contributed by atoms with Crippen molar-refractivity contribution < 1.29 is 72.1 Å². The van der Waals surface area contributed by atoms with Gasteiger partial charge in [0.25, 0.3) is 0 Å². The summed E-state index contributed by atoms with van der Waals surface area (Å²) in [7, 11) is 0. The second-order valence-electron chi connectivity index (χ2n) is 2.93. The molecule has 1 aromatic heterocycles. The molecule has 0 bridgehead atoms. The fraction of sp³-hybridized carbons (Fsp3) is 0. The zero-order valence-electron chi connectivity index (χ0n) is 9.18. The Morgan fingerprint density at radius 3 is 2.72 bits per heavy atom. The van der Waals surface area contributed by atoms with Gasteiger partial charge >= 0.3 is 5.97 Å². The third-order valence-corrected chi connectivity index (χ3v) is 2.86. The molecule has 3 nitrogen and oxygen atoms in total. The molecule has 0 aliphatic rings. The van der Waals surface area contributed by atoms with Gasteiger partial charge in [0.2, 0.25) is 0 Å². The molecule has 0 amide bonds. The fourth-order valence-corrected chi connectivity index (χ4v) is 2.02. The number of hydrogen-bond donors (Lipinski definition) is 1. The van der Waals surface area contributed by atoms with Crippen LogP contribution in [-0.4, -0.2) is 16.1 Å². The van der Waals surface area contributed by atoms with E-state index in [1.165, 1.54) is 30.2 Å². The van der Waals surface area contributed by atoms with E-state index in [0.29, 0.717) is 4.90 Å². The van der Waals surface area contributed by atoms with Crippen LogP contribution in [0.5, 0.6) is 0 Å². The Morgan fingerprint density at radius 2 is 2.11 bits per heavy atom. The largest absolute Gasteiger partial charge is 0.478 e. The molecule has 2 rings (SSSR count). The Balaban J connectivity index is 0.00000144. The topological polar surface area (TPSA) is 50.2 Å². The van der Waals surface area contributed by atoms with E-state index in [4.69, 9.17) is 5.11 Å². The van der Waals surface area contributed by atoms with Gasteiger partial charge in [-0.1, -0.05) is 0 Å². The average Bonchev–Trinajstić information content (AvgIpc) is 2.31. The van der Waals surface area contributed by atoms with E-state index in [1.807, 2.05) is 0 Å². The first-order valence-corrected chi connectivity index (χ1v) is 5.32. The van der Waals surface area contributed by atoms with Gasteiger partial charge in [0.1, 0.15) is 0 Å². The first-order chi connectivity index (χ1) is 7.77. The molecule has 0 saturated heterocycles. The van der Waals surface area contributed by atoms with Crippen molar-refractivity contribution in [1.82, 2.24) is 4.98 Å². The van der Waals surface area contributed by atoms with Crippen LogP contribution in [0.25, 0.3) is 0 Å². The van der Waals surface area contributed by atoms with Gasteiger partial charge in [-0.05, 0) is 6.07 Å². The van der Waals surface area contributed by atoms with Crippen LogP contribution in [0.1, 0.15) is 10.4 Å². The molecule has 1 aromatic carbocycles. The van der Waals surface area contributed by atoms with Gasteiger partial charge < -0.3 is 17.2 Å². The SMILES string of the molecule is O=C(O)c1ccncc1Sc1[c-]cc[c-]c1.[U].[U].